The Morgan fingerprint density at radius 2 is 1.55 bits per heavy atom. The van der Waals surface area contributed by atoms with Crippen molar-refractivity contribution in [1.82, 2.24) is 4.90 Å². The first-order chi connectivity index (χ1) is 15.5. The number of nitrogens with zero attached hydrogens (tertiary/aromatic N) is 2. The lowest BCUT2D eigenvalue weighted by atomic mass is 9.63. The summed E-state index contributed by atoms with van der Waals surface area (Å²) in [5, 5.41) is 0.177. The van der Waals surface area contributed by atoms with E-state index in [1.165, 1.54) is 20.9 Å². The second-order valence-corrected chi connectivity index (χ2v) is 10.4. The number of carbonyl (C=O) groups is 2. The number of benzene rings is 2. The van der Waals surface area contributed by atoms with Gasteiger partial charge in [0.15, 0.2) is 5.11 Å². The summed E-state index contributed by atoms with van der Waals surface area (Å²) in [7, 11) is 3.13. The van der Waals surface area contributed by atoms with E-state index >= 15 is 0 Å². The number of fused-ring (bicyclic) bond motifs is 1. The minimum Gasteiger partial charge on any atom is -0.497 e. The first kappa shape index (κ1) is 23.2. The molecule has 1 heterocycles. The Kier molecular flexibility index (Phi) is 5.73. The highest BCUT2D eigenvalue weighted by Gasteiger charge is 2.44. The summed E-state index contributed by atoms with van der Waals surface area (Å²) < 4.78 is 10.7. The zero-order valence-corrected chi connectivity index (χ0v) is 20.8. The van der Waals surface area contributed by atoms with Crippen LogP contribution in [0.25, 0.3) is 0 Å². The standard InChI is InChI=1S/C26H30N2O4S/c1-25(2)11-12-26(3,4)20-13-17(8-10-19(20)25)28-23(30)22(29)27(24(28)33)15-16-7-9-18(31-5)14-21(16)32-6/h7-10,13-14H,11-12,15H2,1-6H3. The molecule has 1 saturated heterocycles. The molecule has 2 aromatic rings. The smallest absolute Gasteiger partial charge is 0.323 e. The molecule has 0 atom stereocenters. The molecular formula is C26H30N2O4S. The lowest BCUT2D eigenvalue weighted by molar-refractivity contribution is -0.139. The molecule has 0 radical (unpaired) electrons. The molecule has 4 rings (SSSR count). The summed E-state index contributed by atoms with van der Waals surface area (Å²) in [6.07, 6.45) is 2.15. The molecule has 2 aliphatic rings. The predicted molar refractivity (Wildman–Crippen MR) is 132 cm³/mol. The third kappa shape index (κ3) is 3.88. The van der Waals surface area contributed by atoms with E-state index in [1.807, 2.05) is 18.2 Å². The Labute approximate surface area is 200 Å². The van der Waals surface area contributed by atoms with Gasteiger partial charge in [-0.15, -0.1) is 0 Å². The van der Waals surface area contributed by atoms with Gasteiger partial charge in [0.1, 0.15) is 11.5 Å². The predicted octanol–water partition coefficient (Wildman–Crippen LogP) is 4.71. The van der Waals surface area contributed by atoms with Crippen LogP contribution in [0.15, 0.2) is 36.4 Å². The van der Waals surface area contributed by atoms with Crippen LogP contribution in [0.2, 0.25) is 0 Å². The van der Waals surface area contributed by atoms with E-state index in [2.05, 4.69) is 33.8 Å². The minimum atomic E-state index is -0.643. The van der Waals surface area contributed by atoms with Crippen LogP contribution in [-0.4, -0.2) is 36.0 Å². The van der Waals surface area contributed by atoms with E-state index in [-0.39, 0.29) is 22.5 Å². The van der Waals surface area contributed by atoms with Gasteiger partial charge in [0.25, 0.3) is 0 Å². The maximum absolute atomic E-state index is 13.0. The number of ether oxygens (including phenoxy) is 2. The summed E-state index contributed by atoms with van der Waals surface area (Å²) in [6.45, 7) is 9.08. The quantitative estimate of drug-likeness (QED) is 0.472. The molecule has 7 heteroatoms. The summed E-state index contributed by atoms with van der Waals surface area (Å²) in [6, 6.07) is 11.4. The van der Waals surface area contributed by atoms with Gasteiger partial charge in [0, 0.05) is 11.6 Å². The highest BCUT2D eigenvalue weighted by molar-refractivity contribution is 7.80. The highest BCUT2D eigenvalue weighted by Crippen LogP contribution is 2.47. The van der Waals surface area contributed by atoms with Gasteiger partial charge >= 0.3 is 11.8 Å². The van der Waals surface area contributed by atoms with Crippen LogP contribution in [0.4, 0.5) is 5.69 Å². The SMILES string of the molecule is COc1ccc(CN2C(=O)C(=O)N(c3ccc4c(c3)C(C)(C)CCC4(C)C)C2=S)c(OC)c1. The summed E-state index contributed by atoms with van der Waals surface area (Å²) in [4.78, 5) is 28.6. The molecule has 1 fully saturated rings. The van der Waals surface area contributed by atoms with Gasteiger partial charge in [0.2, 0.25) is 0 Å². The third-order valence-corrected chi connectivity index (χ3v) is 7.37. The molecule has 6 nitrogen and oxygen atoms in total. The number of rotatable bonds is 5. The van der Waals surface area contributed by atoms with Gasteiger partial charge in [-0.2, -0.15) is 0 Å². The lowest BCUT2D eigenvalue weighted by Gasteiger charge is -2.42. The first-order valence-corrected chi connectivity index (χ1v) is 11.5. The monoisotopic (exact) mass is 466 g/mol. The average molecular weight is 467 g/mol. The van der Waals surface area contributed by atoms with Crippen molar-refractivity contribution in [3.05, 3.63) is 53.1 Å². The van der Waals surface area contributed by atoms with E-state index in [4.69, 9.17) is 21.7 Å². The fourth-order valence-corrected chi connectivity index (χ4v) is 5.08. The Morgan fingerprint density at radius 1 is 0.879 bits per heavy atom. The van der Waals surface area contributed by atoms with Crippen molar-refractivity contribution in [3.63, 3.8) is 0 Å². The van der Waals surface area contributed by atoms with Crippen molar-refractivity contribution in [3.8, 4) is 11.5 Å². The fourth-order valence-electron chi connectivity index (χ4n) is 4.74. The molecule has 174 valence electrons. The average Bonchev–Trinajstić information content (AvgIpc) is 3.00. The highest BCUT2D eigenvalue weighted by atomic mass is 32.1. The Balaban J connectivity index is 1.68. The Morgan fingerprint density at radius 3 is 2.18 bits per heavy atom. The molecule has 2 aromatic carbocycles. The summed E-state index contributed by atoms with van der Waals surface area (Å²) in [5.74, 6) is -0.0766. The van der Waals surface area contributed by atoms with Crippen LogP contribution >= 0.6 is 12.2 Å². The van der Waals surface area contributed by atoms with Crippen LogP contribution in [0.5, 0.6) is 11.5 Å². The van der Waals surface area contributed by atoms with Gasteiger partial charge in [-0.1, -0.05) is 33.8 Å². The van der Waals surface area contributed by atoms with Crippen LogP contribution < -0.4 is 14.4 Å². The maximum Gasteiger partial charge on any atom is 0.323 e. The number of methoxy groups -OCH3 is 2. The molecular weight excluding hydrogens is 436 g/mol. The number of thiocarbonyl (C=S) groups is 1. The van der Waals surface area contributed by atoms with Crippen molar-refractivity contribution in [2.24, 2.45) is 0 Å². The molecule has 0 saturated carbocycles. The van der Waals surface area contributed by atoms with Crippen LogP contribution in [0, 0.1) is 0 Å². The van der Waals surface area contributed by atoms with Crippen molar-refractivity contribution < 1.29 is 19.1 Å². The van der Waals surface area contributed by atoms with Gasteiger partial charge in [0.05, 0.1) is 26.5 Å². The van der Waals surface area contributed by atoms with Crippen molar-refractivity contribution >= 4 is 34.8 Å². The molecule has 0 N–H and O–H groups in total. The van der Waals surface area contributed by atoms with Crippen LogP contribution in [0.1, 0.15) is 57.2 Å². The van der Waals surface area contributed by atoms with E-state index < -0.39 is 11.8 Å². The van der Waals surface area contributed by atoms with Crippen molar-refractivity contribution in [2.45, 2.75) is 57.9 Å². The molecule has 0 spiro atoms. The molecule has 0 aromatic heterocycles. The van der Waals surface area contributed by atoms with E-state index in [0.717, 1.165) is 18.4 Å². The number of amides is 2. The van der Waals surface area contributed by atoms with Gasteiger partial charge in [-0.3, -0.25) is 14.5 Å². The summed E-state index contributed by atoms with van der Waals surface area (Å²) in [5.41, 5.74) is 3.89. The van der Waals surface area contributed by atoms with Gasteiger partial charge in [-0.25, -0.2) is 4.90 Å². The molecule has 2 amide bonds. The second kappa shape index (κ2) is 8.13. The lowest BCUT2D eigenvalue weighted by Crippen LogP contribution is -2.36. The Hall–Kier alpha value is -2.93. The zero-order chi connectivity index (χ0) is 24.1. The zero-order valence-electron chi connectivity index (χ0n) is 20.0. The van der Waals surface area contributed by atoms with Crippen LogP contribution in [-0.2, 0) is 27.0 Å². The summed E-state index contributed by atoms with van der Waals surface area (Å²) >= 11 is 5.63. The number of carbonyl (C=O) groups excluding carboxylic acids is 2. The Bertz CT molecular complexity index is 1150. The maximum atomic E-state index is 13.0. The molecule has 1 aliphatic heterocycles. The first-order valence-electron chi connectivity index (χ1n) is 11.1. The number of hydrogen-bond donors (Lipinski definition) is 0. The fraction of sp³-hybridized carbons (Fsp3) is 0.423. The van der Waals surface area contributed by atoms with Gasteiger partial charge < -0.3 is 9.47 Å². The number of hydrogen-bond acceptors (Lipinski definition) is 5. The molecule has 0 bridgehead atoms. The van der Waals surface area contributed by atoms with E-state index in [1.54, 1.807) is 26.4 Å². The molecule has 1 aliphatic carbocycles. The van der Waals surface area contributed by atoms with Crippen molar-refractivity contribution in [2.75, 3.05) is 19.1 Å². The normalized spacial score (nSPS) is 19.0. The van der Waals surface area contributed by atoms with Crippen LogP contribution in [0.3, 0.4) is 0 Å². The molecule has 0 unspecified atom stereocenters. The number of anilines is 1. The van der Waals surface area contributed by atoms with E-state index in [0.29, 0.717) is 17.2 Å². The largest absolute Gasteiger partial charge is 0.497 e. The van der Waals surface area contributed by atoms with Gasteiger partial charge in [-0.05, 0) is 71.3 Å². The molecule has 33 heavy (non-hydrogen) atoms. The third-order valence-electron chi connectivity index (χ3n) is 6.97. The van der Waals surface area contributed by atoms with E-state index in [9.17, 15) is 9.59 Å². The minimum absolute atomic E-state index is 0.0224. The second-order valence-electron chi connectivity index (χ2n) is 9.99. The topological polar surface area (TPSA) is 59.1 Å². The van der Waals surface area contributed by atoms with Crippen molar-refractivity contribution in [1.29, 1.82) is 0 Å².